The summed E-state index contributed by atoms with van der Waals surface area (Å²) in [7, 11) is 0. The number of nitrogens with one attached hydrogen (secondary N) is 2. The molecule has 8 nitrogen and oxygen atoms in total. The van der Waals surface area contributed by atoms with E-state index in [4.69, 9.17) is 0 Å². The number of hydrogen-bond acceptors (Lipinski definition) is 5. The van der Waals surface area contributed by atoms with E-state index in [0.29, 0.717) is 33.4 Å². The number of benzene rings is 2. The van der Waals surface area contributed by atoms with Crippen LogP contribution in [0.5, 0.6) is 0 Å². The number of hydrogen-bond donors (Lipinski definition) is 2. The van der Waals surface area contributed by atoms with Crippen molar-refractivity contribution in [3.63, 3.8) is 0 Å². The molecule has 1 atom stereocenters. The number of aromatic nitrogens is 3. The molecule has 0 spiro atoms. The molecule has 0 bridgehead atoms. The fraction of sp³-hybridized carbons (Fsp3) is 0.179. The van der Waals surface area contributed by atoms with Crippen molar-refractivity contribution in [2.24, 2.45) is 0 Å². The zero-order valence-corrected chi connectivity index (χ0v) is 20.2. The molecule has 8 heteroatoms. The third kappa shape index (κ3) is 5.15. The third-order valence-electron chi connectivity index (χ3n) is 5.63. The van der Waals surface area contributed by atoms with Gasteiger partial charge in [-0.05, 0) is 43.5 Å². The predicted octanol–water partition coefficient (Wildman–Crippen LogP) is 3.07. The molecule has 4 rings (SSSR count). The van der Waals surface area contributed by atoms with E-state index in [1.807, 2.05) is 55.5 Å². The fourth-order valence-corrected chi connectivity index (χ4v) is 3.93. The quantitative estimate of drug-likeness (QED) is 0.428. The summed E-state index contributed by atoms with van der Waals surface area (Å²) in [6.07, 6.45) is 3.00. The summed E-state index contributed by atoms with van der Waals surface area (Å²) in [5.41, 5.74) is 2.33. The first-order valence-corrected chi connectivity index (χ1v) is 11.4. The van der Waals surface area contributed by atoms with E-state index in [0.717, 1.165) is 0 Å². The van der Waals surface area contributed by atoms with E-state index in [1.54, 1.807) is 17.6 Å². The minimum atomic E-state index is -0.522. The Hall–Kier alpha value is -4.77. The normalized spacial score (nSPS) is 11.3. The number of fused-ring (bicyclic) bond motifs is 1. The topological polar surface area (TPSA) is 106 Å². The third-order valence-corrected chi connectivity index (χ3v) is 5.63. The number of rotatable bonds is 5. The maximum Gasteiger partial charge on any atom is 0.272 e. The number of amides is 2. The summed E-state index contributed by atoms with van der Waals surface area (Å²) in [5, 5.41) is 6.74. The Labute approximate surface area is 208 Å². The first-order valence-electron chi connectivity index (χ1n) is 11.4. The fourth-order valence-electron chi connectivity index (χ4n) is 3.93. The first-order chi connectivity index (χ1) is 17.4. The van der Waals surface area contributed by atoms with Crippen molar-refractivity contribution in [2.75, 3.05) is 6.54 Å². The van der Waals surface area contributed by atoms with Crippen LogP contribution in [0.25, 0.3) is 16.5 Å². The molecule has 0 fully saturated rings. The molecule has 2 aromatic carbocycles. The van der Waals surface area contributed by atoms with E-state index in [9.17, 15) is 14.4 Å². The monoisotopic (exact) mass is 479 g/mol. The largest absolute Gasteiger partial charge is 0.345 e. The molecule has 2 aromatic heterocycles. The minimum Gasteiger partial charge on any atom is -0.345 e. The van der Waals surface area contributed by atoms with Crippen molar-refractivity contribution < 1.29 is 9.59 Å². The summed E-state index contributed by atoms with van der Waals surface area (Å²) >= 11 is 0. The molecular weight excluding hydrogens is 454 g/mol. The Balaban J connectivity index is 1.84. The van der Waals surface area contributed by atoms with Crippen molar-refractivity contribution >= 4 is 22.6 Å². The molecule has 0 unspecified atom stereocenters. The number of pyridine rings is 1. The van der Waals surface area contributed by atoms with Crippen LogP contribution in [0.1, 0.15) is 47.3 Å². The molecule has 2 amide bonds. The maximum atomic E-state index is 13.9. The summed E-state index contributed by atoms with van der Waals surface area (Å²) in [6.45, 7) is 5.14. The molecule has 2 N–H and O–H groups in total. The maximum absolute atomic E-state index is 13.9. The van der Waals surface area contributed by atoms with Crippen molar-refractivity contribution in [1.29, 1.82) is 0 Å². The Morgan fingerprint density at radius 3 is 2.53 bits per heavy atom. The minimum absolute atomic E-state index is 0.175. The zero-order valence-electron chi connectivity index (χ0n) is 20.2. The van der Waals surface area contributed by atoms with Crippen LogP contribution in [0.4, 0.5) is 0 Å². The highest BCUT2D eigenvalue weighted by Gasteiger charge is 2.21. The van der Waals surface area contributed by atoms with E-state index >= 15 is 0 Å². The van der Waals surface area contributed by atoms with Gasteiger partial charge in [0.25, 0.3) is 11.5 Å². The van der Waals surface area contributed by atoms with Gasteiger partial charge in [-0.25, -0.2) is 4.98 Å². The van der Waals surface area contributed by atoms with Crippen LogP contribution in [0, 0.1) is 18.8 Å². The lowest BCUT2D eigenvalue weighted by atomic mass is 10.0. The lowest BCUT2D eigenvalue weighted by Gasteiger charge is -2.21. The standard InChI is InChI=1S/C28H25N5O3/c1-18(32-27(35)26-19(2)29-15-16-31-26)24-17-22-10-7-9-21(11-8-14-30-20(3)34)25(22)28(36)33(24)23-12-5-4-6-13-23/h4-7,9-10,12-13,15-18H,14H2,1-3H3,(H,30,34)(H,32,35)/t18-/m1/s1. The van der Waals surface area contributed by atoms with Gasteiger partial charge in [0, 0.05) is 36.3 Å². The highest BCUT2D eigenvalue weighted by Crippen LogP contribution is 2.23. The van der Waals surface area contributed by atoms with Crippen LogP contribution in [0.15, 0.2) is 71.8 Å². The number of aryl methyl sites for hydroxylation is 1. The zero-order chi connectivity index (χ0) is 25.7. The Kier molecular flexibility index (Phi) is 7.21. The highest BCUT2D eigenvalue weighted by molar-refractivity contribution is 5.93. The average molecular weight is 480 g/mol. The van der Waals surface area contributed by atoms with E-state index in [-0.39, 0.29) is 29.6 Å². The van der Waals surface area contributed by atoms with Crippen LogP contribution < -0.4 is 16.2 Å². The molecule has 0 aliphatic carbocycles. The predicted molar refractivity (Wildman–Crippen MR) is 138 cm³/mol. The molecule has 2 heterocycles. The van der Waals surface area contributed by atoms with E-state index < -0.39 is 6.04 Å². The van der Waals surface area contributed by atoms with Gasteiger partial charge in [-0.15, -0.1) is 0 Å². The SMILES string of the molecule is CC(=O)NCC#Cc1cccc2cc([C@@H](C)NC(=O)c3nccnc3C)n(-c3ccccc3)c(=O)c12. The Morgan fingerprint density at radius 2 is 1.81 bits per heavy atom. The van der Waals surface area contributed by atoms with Crippen LogP contribution in [0.3, 0.4) is 0 Å². The molecule has 0 aliphatic rings. The molecule has 0 saturated carbocycles. The van der Waals surface area contributed by atoms with Gasteiger partial charge in [0.1, 0.15) is 5.69 Å². The molecule has 180 valence electrons. The van der Waals surface area contributed by atoms with Gasteiger partial charge < -0.3 is 10.6 Å². The van der Waals surface area contributed by atoms with Crippen molar-refractivity contribution in [3.8, 4) is 17.5 Å². The van der Waals surface area contributed by atoms with Gasteiger partial charge in [0.15, 0.2) is 0 Å². The smallest absolute Gasteiger partial charge is 0.272 e. The summed E-state index contributed by atoms with van der Waals surface area (Å²) < 4.78 is 1.59. The first kappa shape index (κ1) is 24.4. The van der Waals surface area contributed by atoms with Crippen LogP contribution >= 0.6 is 0 Å². The summed E-state index contributed by atoms with van der Waals surface area (Å²) in [4.78, 5) is 46.3. The second-order valence-electron chi connectivity index (χ2n) is 8.21. The second-order valence-corrected chi connectivity index (χ2v) is 8.21. The van der Waals surface area contributed by atoms with Gasteiger partial charge in [-0.3, -0.25) is 23.9 Å². The van der Waals surface area contributed by atoms with Crippen molar-refractivity contribution in [2.45, 2.75) is 26.8 Å². The van der Waals surface area contributed by atoms with Crippen LogP contribution in [-0.4, -0.2) is 32.9 Å². The lowest BCUT2D eigenvalue weighted by Crippen LogP contribution is -2.33. The van der Waals surface area contributed by atoms with Gasteiger partial charge in [-0.1, -0.05) is 42.2 Å². The van der Waals surface area contributed by atoms with Crippen molar-refractivity contribution in [3.05, 3.63) is 100.0 Å². The van der Waals surface area contributed by atoms with Gasteiger partial charge in [0.2, 0.25) is 5.91 Å². The van der Waals surface area contributed by atoms with E-state index in [2.05, 4.69) is 32.4 Å². The molecule has 0 saturated heterocycles. The number of carbonyl (C=O) groups excluding carboxylic acids is 2. The Bertz CT molecular complexity index is 1570. The average Bonchev–Trinajstić information content (AvgIpc) is 2.87. The van der Waals surface area contributed by atoms with Crippen molar-refractivity contribution in [1.82, 2.24) is 25.2 Å². The van der Waals surface area contributed by atoms with E-state index in [1.165, 1.54) is 19.3 Å². The van der Waals surface area contributed by atoms with Crippen LogP contribution in [-0.2, 0) is 4.79 Å². The van der Waals surface area contributed by atoms with Gasteiger partial charge >= 0.3 is 0 Å². The Morgan fingerprint density at radius 1 is 1.06 bits per heavy atom. The second kappa shape index (κ2) is 10.7. The van der Waals surface area contributed by atoms with Gasteiger partial charge in [-0.2, -0.15) is 0 Å². The lowest BCUT2D eigenvalue weighted by molar-refractivity contribution is -0.118. The molecular formula is C28H25N5O3. The highest BCUT2D eigenvalue weighted by atomic mass is 16.2. The molecule has 36 heavy (non-hydrogen) atoms. The summed E-state index contributed by atoms with van der Waals surface area (Å²) in [6, 6.07) is 16.1. The molecule has 0 radical (unpaired) electrons. The van der Waals surface area contributed by atoms with Gasteiger partial charge in [0.05, 0.1) is 23.7 Å². The molecule has 0 aliphatic heterocycles. The number of para-hydroxylation sites is 1. The number of nitrogens with zero attached hydrogens (tertiary/aromatic N) is 3. The number of carbonyl (C=O) groups is 2. The van der Waals surface area contributed by atoms with Crippen LogP contribution in [0.2, 0.25) is 0 Å². The molecule has 4 aromatic rings. The summed E-state index contributed by atoms with van der Waals surface area (Å²) in [5.74, 6) is 5.35.